The number of aromatic amines is 1. The molecule has 0 saturated heterocycles. The van der Waals surface area contributed by atoms with Crippen LogP contribution in [0.5, 0.6) is 0 Å². The second-order valence-corrected chi connectivity index (χ2v) is 7.91. The summed E-state index contributed by atoms with van der Waals surface area (Å²) >= 11 is 0. The van der Waals surface area contributed by atoms with E-state index in [9.17, 15) is 9.59 Å². The monoisotopic (exact) mass is 458 g/mol. The first-order valence-corrected chi connectivity index (χ1v) is 11.2. The van der Waals surface area contributed by atoms with Crippen molar-refractivity contribution in [2.45, 2.75) is 0 Å². The Morgan fingerprint density at radius 1 is 0.629 bits per heavy atom. The van der Waals surface area contributed by atoms with Crippen LogP contribution < -0.4 is 16.2 Å². The number of hydrogen-bond donors (Lipinski definition) is 3. The summed E-state index contributed by atoms with van der Waals surface area (Å²) in [4.78, 5) is 26.3. The van der Waals surface area contributed by atoms with Gasteiger partial charge in [0, 0.05) is 28.2 Å². The molecule has 4 aromatic carbocycles. The maximum absolute atomic E-state index is 13.4. The fourth-order valence-electron chi connectivity index (χ4n) is 3.88. The van der Waals surface area contributed by atoms with Crippen LogP contribution in [-0.4, -0.2) is 16.1 Å². The van der Waals surface area contributed by atoms with Gasteiger partial charge in [0.1, 0.15) is 5.56 Å². The summed E-state index contributed by atoms with van der Waals surface area (Å²) in [7, 11) is 0. The molecule has 0 aliphatic heterocycles. The molecule has 0 saturated carbocycles. The zero-order chi connectivity index (χ0) is 24.0. The predicted molar refractivity (Wildman–Crippen MR) is 140 cm³/mol. The minimum absolute atomic E-state index is 0.0107. The first kappa shape index (κ1) is 21.9. The molecule has 0 unspecified atom stereocenters. The van der Waals surface area contributed by atoms with E-state index in [1.807, 2.05) is 103 Å². The number of anilines is 3. The van der Waals surface area contributed by atoms with Gasteiger partial charge in [-0.05, 0) is 42.0 Å². The predicted octanol–water partition coefficient (Wildman–Crippen LogP) is 6.10. The van der Waals surface area contributed by atoms with Gasteiger partial charge >= 0.3 is 0 Å². The number of amides is 1. The Balaban J connectivity index is 1.49. The Kier molecular flexibility index (Phi) is 6.17. The molecule has 0 spiro atoms. The molecule has 1 heterocycles. The zero-order valence-corrected chi connectivity index (χ0v) is 18.7. The molecule has 0 bridgehead atoms. The van der Waals surface area contributed by atoms with Gasteiger partial charge in [0.25, 0.3) is 11.5 Å². The van der Waals surface area contributed by atoms with E-state index in [0.29, 0.717) is 16.9 Å². The number of para-hydroxylation sites is 1. The van der Waals surface area contributed by atoms with Crippen LogP contribution >= 0.6 is 0 Å². The first-order chi connectivity index (χ1) is 17.2. The van der Waals surface area contributed by atoms with Gasteiger partial charge in [0.2, 0.25) is 0 Å². The van der Waals surface area contributed by atoms with Crippen molar-refractivity contribution in [3.8, 4) is 22.4 Å². The Labute approximate surface area is 202 Å². The second kappa shape index (κ2) is 9.89. The van der Waals surface area contributed by atoms with E-state index >= 15 is 0 Å². The zero-order valence-electron chi connectivity index (χ0n) is 18.7. The first-order valence-electron chi connectivity index (χ1n) is 11.2. The molecule has 0 aliphatic rings. The van der Waals surface area contributed by atoms with E-state index in [4.69, 9.17) is 0 Å². The highest BCUT2D eigenvalue weighted by atomic mass is 16.2. The average Bonchev–Trinajstić information content (AvgIpc) is 2.91. The van der Waals surface area contributed by atoms with Crippen molar-refractivity contribution in [1.82, 2.24) is 10.2 Å². The third kappa shape index (κ3) is 4.86. The fraction of sp³-hybridized carbons (Fsp3) is 0. The van der Waals surface area contributed by atoms with Crippen LogP contribution in [0.2, 0.25) is 0 Å². The lowest BCUT2D eigenvalue weighted by molar-refractivity contribution is 0.102. The molecule has 6 heteroatoms. The maximum Gasteiger partial charge on any atom is 0.277 e. The summed E-state index contributed by atoms with van der Waals surface area (Å²) < 4.78 is 0. The maximum atomic E-state index is 13.4. The smallest absolute Gasteiger partial charge is 0.277 e. The molecule has 0 fully saturated rings. The minimum atomic E-state index is -0.552. The molecule has 0 radical (unpaired) electrons. The lowest BCUT2D eigenvalue weighted by atomic mass is 9.95. The molecule has 6 nitrogen and oxygen atoms in total. The number of benzene rings is 4. The number of nitrogens with zero attached hydrogens (tertiary/aromatic N) is 1. The van der Waals surface area contributed by atoms with Crippen molar-refractivity contribution in [1.29, 1.82) is 0 Å². The van der Waals surface area contributed by atoms with Crippen molar-refractivity contribution in [2.24, 2.45) is 0 Å². The number of aromatic nitrogens is 2. The van der Waals surface area contributed by atoms with Gasteiger partial charge in [-0.1, -0.05) is 78.9 Å². The number of rotatable bonds is 6. The Bertz CT molecular complexity index is 1500. The Morgan fingerprint density at radius 2 is 1.14 bits per heavy atom. The molecule has 0 atom stereocenters. The van der Waals surface area contributed by atoms with E-state index in [2.05, 4.69) is 20.8 Å². The van der Waals surface area contributed by atoms with Gasteiger partial charge in [0.15, 0.2) is 0 Å². The molecule has 1 amide bonds. The highest BCUT2D eigenvalue weighted by Gasteiger charge is 2.23. The van der Waals surface area contributed by atoms with Gasteiger partial charge in [-0.25, -0.2) is 5.10 Å². The van der Waals surface area contributed by atoms with Gasteiger partial charge in [-0.3, -0.25) is 9.59 Å². The van der Waals surface area contributed by atoms with Gasteiger partial charge in [-0.15, -0.1) is 0 Å². The Hall–Kier alpha value is -4.97. The standard InChI is InChI=1S/C29H22N4O2/c34-28(31-24-18-16-23(17-19-24)30-22-14-8-3-9-15-22)26-25(20-10-4-1-5-11-20)27(32-33-29(26)35)21-12-6-2-7-13-21/h1-19,30H,(H,31,34)(H,33,35). The summed E-state index contributed by atoms with van der Waals surface area (Å²) in [6.07, 6.45) is 0. The molecular formula is C29H22N4O2. The quantitative estimate of drug-likeness (QED) is 0.287. The average molecular weight is 459 g/mol. The van der Waals surface area contributed by atoms with Crippen LogP contribution in [0.3, 0.4) is 0 Å². The number of nitrogens with one attached hydrogen (secondary N) is 3. The normalized spacial score (nSPS) is 10.5. The largest absolute Gasteiger partial charge is 0.356 e. The van der Waals surface area contributed by atoms with Crippen LogP contribution in [0.4, 0.5) is 17.1 Å². The molecule has 3 N–H and O–H groups in total. The van der Waals surface area contributed by atoms with Crippen LogP contribution in [0, 0.1) is 0 Å². The SMILES string of the molecule is O=C(Nc1ccc(Nc2ccccc2)cc1)c1c(-c2ccccc2)c(-c2ccccc2)n[nH]c1=O. The lowest BCUT2D eigenvalue weighted by Crippen LogP contribution is -2.26. The molecular weight excluding hydrogens is 436 g/mol. The minimum Gasteiger partial charge on any atom is -0.356 e. The third-order valence-corrected chi connectivity index (χ3v) is 5.53. The molecule has 1 aromatic heterocycles. The van der Waals surface area contributed by atoms with Crippen molar-refractivity contribution in [3.05, 3.63) is 131 Å². The summed E-state index contributed by atoms with van der Waals surface area (Å²) in [5, 5.41) is 13.0. The van der Waals surface area contributed by atoms with E-state index in [0.717, 1.165) is 22.5 Å². The summed E-state index contributed by atoms with van der Waals surface area (Å²) in [5.41, 5.74) is 4.43. The van der Waals surface area contributed by atoms with Crippen molar-refractivity contribution < 1.29 is 4.79 Å². The number of hydrogen-bond acceptors (Lipinski definition) is 4. The van der Waals surface area contributed by atoms with Crippen molar-refractivity contribution in [2.75, 3.05) is 10.6 Å². The summed E-state index contributed by atoms with van der Waals surface area (Å²) in [6.45, 7) is 0. The third-order valence-electron chi connectivity index (χ3n) is 5.53. The van der Waals surface area contributed by atoms with Crippen LogP contribution in [0.1, 0.15) is 10.4 Å². The fourth-order valence-corrected chi connectivity index (χ4v) is 3.88. The number of carbonyl (C=O) groups is 1. The van der Waals surface area contributed by atoms with Crippen LogP contribution in [0.15, 0.2) is 120 Å². The van der Waals surface area contributed by atoms with Gasteiger partial charge in [-0.2, -0.15) is 5.10 Å². The van der Waals surface area contributed by atoms with E-state index in [-0.39, 0.29) is 5.56 Å². The van der Waals surface area contributed by atoms with E-state index in [1.54, 1.807) is 12.1 Å². The van der Waals surface area contributed by atoms with E-state index < -0.39 is 11.5 Å². The van der Waals surface area contributed by atoms with Gasteiger partial charge < -0.3 is 10.6 Å². The summed E-state index contributed by atoms with van der Waals surface area (Å²) in [5.74, 6) is -0.506. The topological polar surface area (TPSA) is 86.9 Å². The molecule has 5 aromatic rings. The highest BCUT2D eigenvalue weighted by molar-refractivity contribution is 6.10. The van der Waals surface area contributed by atoms with Crippen LogP contribution in [-0.2, 0) is 0 Å². The second-order valence-electron chi connectivity index (χ2n) is 7.91. The molecule has 170 valence electrons. The molecule has 5 rings (SSSR count). The van der Waals surface area contributed by atoms with Crippen molar-refractivity contribution in [3.63, 3.8) is 0 Å². The lowest BCUT2D eigenvalue weighted by Gasteiger charge is -2.14. The van der Waals surface area contributed by atoms with Gasteiger partial charge in [0.05, 0.1) is 5.69 Å². The van der Waals surface area contributed by atoms with E-state index in [1.165, 1.54) is 0 Å². The molecule has 0 aliphatic carbocycles. The number of carbonyl (C=O) groups excluding carboxylic acids is 1. The highest BCUT2D eigenvalue weighted by Crippen LogP contribution is 2.32. The Morgan fingerprint density at radius 3 is 1.77 bits per heavy atom. The van der Waals surface area contributed by atoms with Crippen molar-refractivity contribution >= 4 is 23.0 Å². The molecule has 35 heavy (non-hydrogen) atoms. The number of H-pyrrole nitrogens is 1. The van der Waals surface area contributed by atoms with Crippen LogP contribution in [0.25, 0.3) is 22.4 Å². The summed E-state index contributed by atoms with van der Waals surface area (Å²) in [6, 6.07) is 36.0.